The highest BCUT2D eigenvalue weighted by Crippen LogP contribution is 2.20. The number of benzene rings is 1. The molecule has 6 heteroatoms. The molecular weight excluding hydrogens is 324 g/mol. The van der Waals surface area contributed by atoms with Crippen molar-refractivity contribution in [1.82, 2.24) is 9.21 Å². The third kappa shape index (κ3) is 4.36. The number of hydrogen-bond acceptors (Lipinski definition) is 3. The molecule has 0 aliphatic carbocycles. The predicted octanol–water partition coefficient (Wildman–Crippen LogP) is 2.57. The van der Waals surface area contributed by atoms with E-state index in [-0.39, 0.29) is 17.3 Å². The molecule has 5 nitrogen and oxygen atoms in total. The average Bonchev–Trinajstić information content (AvgIpc) is 2.74. The van der Waals surface area contributed by atoms with Gasteiger partial charge in [0.1, 0.15) is 0 Å². The van der Waals surface area contributed by atoms with Gasteiger partial charge in [-0.15, -0.1) is 0 Å². The standard InChI is InChI=1S/C18H28N2O3S/c1-14-6-5-10-20(11-9-14)18(21)13-19(4)24(22,23)17-8-7-15(2)16(3)12-17/h7-8,12,14H,5-6,9-11,13H2,1-4H3. The first kappa shape index (κ1) is 18.9. The van der Waals surface area contributed by atoms with Gasteiger partial charge in [0.05, 0.1) is 11.4 Å². The number of nitrogens with zero attached hydrogens (tertiary/aromatic N) is 2. The quantitative estimate of drug-likeness (QED) is 0.837. The fraction of sp³-hybridized carbons (Fsp3) is 0.611. The van der Waals surface area contributed by atoms with E-state index in [9.17, 15) is 13.2 Å². The second-order valence-electron chi connectivity index (χ2n) is 6.92. The molecular formula is C18H28N2O3S. The molecule has 1 aliphatic heterocycles. The fourth-order valence-corrected chi connectivity index (χ4v) is 4.15. The van der Waals surface area contributed by atoms with Crippen molar-refractivity contribution < 1.29 is 13.2 Å². The van der Waals surface area contributed by atoms with E-state index >= 15 is 0 Å². The predicted molar refractivity (Wildman–Crippen MR) is 95.3 cm³/mol. The maximum atomic E-state index is 12.7. The molecule has 1 saturated heterocycles. The summed E-state index contributed by atoms with van der Waals surface area (Å²) >= 11 is 0. The largest absolute Gasteiger partial charge is 0.342 e. The minimum Gasteiger partial charge on any atom is -0.342 e. The molecule has 0 bridgehead atoms. The van der Waals surface area contributed by atoms with Gasteiger partial charge >= 0.3 is 0 Å². The maximum Gasteiger partial charge on any atom is 0.243 e. The minimum absolute atomic E-state index is 0.108. The Kier molecular flexibility index (Phi) is 6.04. The molecule has 0 aromatic heterocycles. The van der Waals surface area contributed by atoms with Crippen LogP contribution in [0.25, 0.3) is 0 Å². The second-order valence-corrected chi connectivity index (χ2v) is 8.97. The van der Waals surface area contributed by atoms with Gasteiger partial charge in [-0.2, -0.15) is 4.31 Å². The molecule has 1 fully saturated rings. The van der Waals surface area contributed by atoms with E-state index in [1.54, 1.807) is 23.1 Å². The Morgan fingerprint density at radius 1 is 1.21 bits per heavy atom. The molecule has 1 aromatic rings. The normalized spacial score (nSPS) is 19.4. The number of aryl methyl sites for hydroxylation is 2. The van der Waals surface area contributed by atoms with Crippen LogP contribution in [0.15, 0.2) is 23.1 Å². The Bertz CT molecular complexity index is 700. The molecule has 2 rings (SSSR count). The van der Waals surface area contributed by atoms with Crippen molar-refractivity contribution >= 4 is 15.9 Å². The Hall–Kier alpha value is -1.40. The molecule has 134 valence electrons. The third-order valence-electron chi connectivity index (χ3n) is 4.91. The van der Waals surface area contributed by atoms with Crippen LogP contribution in [0.3, 0.4) is 0 Å². The van der Waals surface area contributed by atoms with E-state index < -0.39 is 10.0 Å². The summed E-state index contributed by atoms with van der Waals surface area (Å²) in [5.74, 6) is 0.513. The number of likely N-dealkylation sites (tertiary alicyclic amines) is 1. The number of likely N-dealkylation sites (N-methyl/N-ethyl adjacent to an activating group) is 1. The topological polar surface area (TPSA) is 57.7 Å². The van der Waals surface area contributed by atoms with Gasteiger partial charge in [-0.05, 0) is 62.3 Å². The molecule has 0 saturated carbocycles. The fourth-order valence-electron chi connectivity index (χ4n) is 2.94. The van der Waals surface area contributed by atoms with E-state index in [1.807, 2.05) is 13.8 Å². The van der Waals surface area contributed by atoms with Crippen LogP contribution >= 0.6 is 0 Å². The van der Waals surface area contributed by atoms with Crippen molar-refractivity contribution in [2.45, 2.75) is 44.9 Å². The molecule has 1 amide bonds. The van der Waals surface area contributed by atoms with Gasteiger partial charge in [0.2, 0.25) is 15.9 Å². The smallest absolute Gasteiger partial charge is 0.243 e. The lowest BCUT2D eigenvalue weighted by Gasteiger charge is -2.24. The summed E-state index contributed by atoms with van der Waals surface area (Å²) in [6.07, 6.45) is 3.10. The summed E-state index contributed by atoms with van der Waals surface area (Å²) in [6, 6.07) is 5.07. The molecule has 0 spiro atoms. The zero-order chi connectivity index (χ0) is 17.9. The summed E-state index contributed by atoms with van der Waals surface area (Å²) in [4.78, 5) is 14.5. The highest BCUT2D eigenvalue weighted by Gasteiger charge is 2.26. The Labute approximate surface area is 145 Å². The lowest BCUT2D eigenvalue weighted by Crippen LogP contribution is -2.41. The third-order valence-corrected chi connectivity index (χ3v) is 6.71. The van der Waals surface area contributed by atoms with Crippen molar-refractivity contribution in [3.63, 3.8) is 0 Å². The number of carbonyl (C=O) groups excluding carboxylic acids is 1. The van der Waals surface area contributed by atoms with Crippen LogP contribution in [0.4, 0.5) is 0 Å². The minimum atomic E-state index is -3.65. The molecule has 0 radical (unpaired) electrons. The van der Waals surface area contributed by atoms with E-state index in [0.29, 0.717) is 5.92 Å². The van der Waals surface area contributed by atoms with Gasteiger partial charge in [-0.25, -0.2) is 8.42 Å². The van der Waals surface area contributed by atoms with E-state index in [0.717, 1.165) is 47.8 Å². The van der Waals surface area contributed by atoms with E-state index in [1.165, 1.54) is 7.05 Å². The molecule has 24 heavy (non-hydrogen) atoms. The van der Waals surface area contributed by atoms with Gasteiger partial charge in [-0.1, -0.05) is 13.0 Å². The van der Waals surface area contributed by atoms with Crippen LogP contribution in [-0.4, -0.2) is 50.2 Å². The van der Waals surface area contributed by atoms with Crippen molar-refractivity contribution in [3.8, 4) is 0 Å². The molecule has 1 aliphatic rings. The van der Waals surface area contributed by atoms with Gasteiger partial charge < -0.3 is 4.90 Å². The number of sulfonamides is 1. The SMILES string of the molecule is Cc1ccc(S(=O)(=O)N(C)CC(=O)N2CCCC(C)CC2)cc1C. The highest BCUT2D eigenvalue weighted by molar-refractivity contribution is 7.89. The van der Waals surface area contributed by atoms with Crippen molar-refractivity contribution in [2.24, 2.45) is 5.92 Å². The second kappa shape index (κ2) is 7.66. The molecule has 0 N–H and O–H groups in total. The number of rotatable bonds is 4. The van der Waals surface area contributed by atoms with Gasteiger partial charge in [-0.3, -0.25) is 4.79 Å². The average molecular weight is 353 g/mol. The van der Waals surface area contributed by atoms with Crippen molar-refractivity contribution in [1.29, 1.82) is 0 Å². The van der Waals surface area contributed by atoms with Gasteiger partial charge in [0, 0.05) is 20.1 Å². The first-order chi connectivity index (χ1) is 11.2. The number of amides is 1. The summed E-state index contributed by atoms with van der Waals surface area (Å²) in [5.41, 5.74) is 1.98. The van der Waals surface area contributed by atoms with Crippen LogP contribution < -0.4 is 0 Å². The summed E-state index contributed by atoms with van der Waals surface area (Å²) < 4.78 is 26.5. The van der Waals surface area contributed by atoms with Gasteiger partial charge in [0.15, 0.2) is 0 Å². The summed E-state index contributed by atoms with van der Waals surface area (Å²) in [7, 11) is -2.17. The number of carbonyl (C=O) groups is 1. The van der Waals surface area contributed by atoms with Crippen LogP contribution in [0.5, 0.6) is 0 Å². The Balaban J connectivity index is 2.08. The van der Waals surface area contributed by atoms with Crippen LogP contribution in [-0.2, 0) is 14.8 Å². The highest BCUT2D eigenvalue weighted by atomic mass is 32.2. The lowest BCUT2D eigenvalue weighted by atomic mass is 10.0. The molecule has 1 aromatic carbocycles. The monoisotopic (exact) mass is 352 g/mol. The summed E-state index contributed by atoms with van der Waals surface area (Å²) in [5, 5.41) is 0. The first-order valence-corrected chi connectivity index (χ1v) is 9.97. The molecule has 1 heterocycles. The Morgan fingerprint density at radius 3 is 2.58 bits per heavy atom. The zero-order valence-electron chi connectivity index (χ0n) is 15.1. The zero-order valence-corrected chi connectivity index (χ0v) is 15.9. The molecule has 1 unspecified atom stereocenters. The molecule has 1 atom stereocenters. The van der Waals surface area contributed by atoms with Crippen molar-refractivity contribution in [3.05, 3.63) is 29.3 Å². The van der Waals surface area contributed by atoms with E-state index in [2.05, 4.69) is 6.92 Å². The first-order valence-electron chi connectivity index (χ1n) is 8.53. The maximum absolute atomic E-state index is 12.7. The van der Waals surface area contributed by atoms with Crippen molar-refractivity contribution in [2.75, 3.05) is 26.7 Å². The summed E-state index contributed by atoms with van der Waals surface area (Å²) in [6.45, 7) is 7.36. The van der Waals surface area contributed by atoms with Crippen LogP contribution in [0, 0.1) is 19.8 Å². The number of hydrogen-bond donors (Lipinski definition) is 0. The van der Waals surface area contributed by atoms with Crippen LogP contribution in [0.2, 0.25) is 0 Å². The van der Waals surface area contributed by atoms with Crippen LogP contribution in [0.1, 0.15) is 37.3 Å². The lowest BCUT2D eigenvalue weighted by molar-refractivity contribution is -0.131. The Morgan fingerprint density at radius 2 is 1.92 bits per heavy atom. The van der Waals surface area contributed by atoms with Gasteiger partial charge in [0.25, 0.3) is 0 Å². The van der Waals surface area contributed by atoms with E-state index in [4.69, 9.17) is 0 Å².